The first-order valence-electron chi connectivity index (χ1n) is 9.59. The van der Waals surface area contributed by atoms with Crippen LogP contribution in [0.4, 0.5) is 0 Å². The van der Waals surface area contributed by atoms with Gasteiger partial charge in [0.15, 0.2) is 11.5 Å². The van der Waals surface area contributed by atoms with Gasteiger partial charge < -0.3 is 24.3 Å². The zero-order chi connectivity index (χ0) is 21.1. The normalized spacial score (nSPS) is 10.6. The van der Waals surface area contributed by atoms with Crippen molar-refractivity contribution in [1.29, 1.82) is 0 Å². The highest BCUT2D eigenvalue weighted by atomic mass is 16.5. The number of benzene rings is 2. The molecule has 0 unspecified atom stereocenters. The molecule has 0 radical (unpaired) electrons. The Balaban J connectivity index is 1.85. The van der Waals surface area contributed by atoms with Gasteiger partial charge in [-0.1, -0.05) is 12.1 Å². The Morgan fingerprint density at radius 3 is 2.31 bits per heavy atom. The third-order valence-corrected chi connectivity index (χ3v) is 4.32. The van der Waals surface area contributed by atoms with E-state index in [9.17, 15) is 4.79 Å². The molecule has 0 aliphatic carbocycles. The lowest BCUT2D eigenvalue weighted by Crippen LogP contribution is -2.22. The van der Waals surface area contributed by atoms with Crippen LogP contribution < -0.4 is 24.3 Å². The van der Waals surface area contributed by atoms with Crippen molar-refractivity contribution < 1.29 is 23.7 Å². The van der Waals surface area contributed by atoms with Crippen molar-refractivity contribution in [3.63, 3.8) is 0 Å². The molecule has 0 atom stereocenters. The third kappa shape index (κ3) is 6.45. The lowest BCUT2D eigenvalue weighted by Gasteiger charge is -2.13. The number of hydrogen-bond donors (Lipinski definition) is 1. The third-order valence-electron chi connectivity index (χ3n) is 4.32. The van der Waals surface area contributed by atoms with Crippen molar-refractivity contribution in [2.24, 2.45) is 0 Å². The van der Waals surface area contributed by atoms with Crippen LogP contribution in [0.5, 0.6) is 23.0 Å². The van der Waals surface area contributed by atoms with Crippen molar-refractivity contribution in [3.8, 4) is 23.0 Å². The molecule has 0 saturated heterocycles. The van der Waals surface area contributed by atoms with Gasteiger partial charge in [-0.3, -0.25) is 4.79 Å². The lowest BCUT2D eigenvalue weighted by molar-refractivity contribution is -0.116. The van der Waals surface area contributed by atoms with E-state index in [0.29, 0.717) is 30.4 Å². The fraction of sp³-hybridized carbons (Fsp3) is 0.348. The van der Waals surface area contributed by atoms with Crippen molar-refractivity contribution in [1.82, 2.24) is 5.32 Å². The molecule has 0 aromatic heterocycles. The summed E-state index contributed by atoms with van der Waals surface area (Å²) < 4.78 is 21.5. The molecule has 0 heterocycles. The molecule has 0 fully saturated rings. The zero-order valence-corrected chi connectivity index (χ0v) is 17.5. The van der Waals surface area contributed by atoms with Gasteiger partial charge in [0.25, 0.3) is 0 Å². The average molecular weight is 399 g/mol. The number of methoxy groups -OCH3 is 3. The summed E-state index contributed by atoms with van der Waals surface area (Å²) in [5, 5.41) is 2.90. The van der Waals surface area contributed by atoms with Gasteiger partial charge in [-0.05, 0) is 55.7 Å². The van der Waals surface area contributed by atoms with Crippen molar-refractivity contribution in [2.45, 2.75) is 19.8 Å². The molecule has 29 heavy (non-hydrogen) atoms. The number of hydrogen-bond acceptors (Lipinski definition) is 5. The predicted molar refractivity (Wildman–Crippen MR) is 114 cm³/mol. The predicted octanol–water partition coefficient (Wildman–Crippen LogP) is 3.87. The molecule has 2 rings (SSSR count). The summed E-state index contributed by atoms with van der Waals surface area (Å²) in [5.41, 5.74) is 1.95. The number of rotatable bonds is 11. The monoisotopic (exact) mass is 399 g/mol. The quantitative estimate of drug-likeness (QED) is 0.459. The van der Waals surface area contributed by atoms with Gasteiger partial charge in [0.05, 0.1) is 27.9 Å². The van der Waals surface area contributed by atoms with Crippen LogP contribution in [0.2, 0.25) is 0 Å². The number of aryl methyl sites for hydroxylation is 1. The number of ether oxygens (including phenoxy) is 4. The Labute approximate surface area is 172 Å². The smallest absolute Gasteiger partial charge is 0.244 e. The molecule has 1 amide bonds. The lowest BCUT2D eigenvalue weighted by atomic mass is 10.1. The summed E-state index contributed by atoms with van der Waals surface area (Å²) in [6, 6.07) is 11.6. The zero-order valence-electron chi connectivity index (χ0n) is 17.5. The van der Waals surface area contributed by atoms with Gasteiger partial charge in [0.1, 0.15) is 5.75 Å². The highest BCUT2D eigenvalue weighted by Gasteiger charge is 2.14. The topological polar surface area (TPSA) is 66.0 Å². The molecular weight excluding hydrogens is 370 g/mol. The Kier molecular flexibility index (Phi) is 8.89. The highest BCUT2D eigenvalue weighted by molar-refractivity contribution is 5.92. The Morgan fingerprint density at radius 1 is 0.966 bits per heavy atom. The molecule has 156 valence electrons. The highest BCUT2D eigenvalue weighted by Crippen LogP contribution is 2.40. The minimum atomic E-state index is -0.159. The van der Waals surface area contributed by atoms with Gasteiger partial charge in [-0.2, -0.15) is 0 Å². The summed E-state index contributed by atoms with van der Waals surface area (Å²) in [7, 11) is 4.66. The number of amides is 1. The van der Waals surface area contributed by atoms with E-state index in [4.69, 9.17) is 18.9 Å². The summed E-state index contributed by atoms with van der Waals surface area (Å²) in [6.45, 7) is 3.22. The second-order valence-electron chi connectivity index (χ2n) is 6.23. The minimum absolute atomic E-state index is 0.159. The summed E-state index contributed by atoms with van der Waals surface area (Å²) in [6.07, 6.45) is 4.93. The Hall–Kier alpha value is -3.15. The average Bonchev–Trinajstić information content (AvgIpc) is 2.75. The van der Waals surface area contributed by atoms with Crippen molar-refractivity contribution in [3.05, 3.63) is 53.6 Å². The van der Waals surface area contributed by atoms with Crippen LogP contribution >= 0.6 is 0 Å². The maximum absolute atomic E-state index is 12.1. The summed E-state index contributed by atoms with van der Waals surface area (Å²) in [5.74, 6) is 2.30. The van der Waals surface area contributed by atoms with Crippen LogP contribution in [-0.2, 0) is 11.2 Å². The van der Waals surface area contributed by atoms with E-state index in [1.54, 1.807) is 33.5 Å². The van der Waals surface area contributed by atoms with Crippen LogP contribution in [-0.4, -0.2) is 40.4 Å². The maximum Gasteiger partial charge on any atom is 0.244 e. The molecule has 0 spiro atoms. The summed E-state index contributed by atoms with van der Waals surface area (Å²) >= 11 is 0. The second kappa shape index (κ2) is 11.6. The van der Waals surface area contributed by atoms with E-state index in [1.807, 2.05) is 25.1 Å². The van der Waals surface area contributed by atoms with Crippen LogP contribution in [0, 0.1) is 0 Å². The summed E-state index contributed by atoms with van der Waals surface area (Å²) in [4.78, 5) is 12.1. The number of carbonyl (C=O) groups is 1. The van der Waals surface area contributed by atoms with Crippen LogP contribution in [0.25, 0.3) is 6.08 Å². The fourth-order valence-electron chi connectivity index (χ4n) is 2.90. The van der Waals surface area contributed by atoms with E-state index >= 15 is 0 Å². The van der Waals surface area contributed by atoms with Crippen LogP contribution in [0.3, 0.4) is 0 Å². The van der Waals surface area contributed by atoms with Crippen molar-refractivity contribution in [2.75, 3.05) is 34.5 Å². The molecule has 1 N–H and O–H groups in total. The fourth-order valence-corrected chi connectivity index (χ4v) is 2.90. The number of carbonyl (C=O) groups excluding carboxylic acids is 1. The molecule has 6 heteroatoms. The standard InChI is InChI=1S/C23H29NO5/c1-5-29-19-12-8-17(9-13-19)7-6-16-24-21(25)15-11-18-10-14-20(26-2)23(28-4)22(18)27-3/h8-15H,5-7,16H2,1-4H3,(H,24,25)/b15-11+. The number of nitrogens with one attached hydrogen (secondary N) is 1. The van der Waals surface area contributed by atoms with Gasteiger partial charge >= 0.3 is 0 Å². The molecule has 6 nitrogen and oxygen atoms in total. The first kappa shape index (κ1) is 22.1. The molecule has 2 aromatic rings. The Bertz CT molecular complexity index is 815. The molecular formula is C23H29NO5. The van der Waals surface area contributed by atoms with Gasteiger partial charge in [-0.15, -0.1) is 0 Å². The van der Waals surface area contributed by atoms with E-state index < -0.39 is 0 Å². The van der Waals surface area contributed by atoms with E-state index in [0.717, 1.165) is 24.2 Å². The van der Waals surface area contributed by atoms with Crippen LogP contribution in [0.15, 0.2) is 42.5 Å². The van der Waals surface area contributed by atoms with Gasteiger partial charge in [0.2, 0.25) is 11.7 Å². The molecule has 0 bridgehead atoms. The van der Waals surface area contributed by atoms with Crippen LogP contribution in [0.1, 0.15) is 24.5 Å². The Morgan fingerprint density at radius 2 is 1.69 bits per heavy atom. The van der Waals surface area contributed by atoms with Gasteiger partial charge in [0, 0.05) is 18.2 Å². The van der Waals surface area contributed by atoms with Gasteiger partial charge in [-0.25, -0.2) is 0 Å². The largest absolute Gasteiger partial charge is 0.494 e. The first-order valence-corrected chi connectivity index (χ1v) is 9.59. The molecule has 2 aromatic carbocycles. The SMILES string of the molecule is CCOc1ccc(CCCNC(=O)/C=C/c2ccc(OC)c(OC)c2OC)cc1. The maximum atomic E-state index is 12.1. The second-order valence-corrected chi connectivity index (χ2v) is 6.23. The van der Waals surface area contributed by atoms with E-state index in [-0.39, 0.29) is 5.91 Å². The van der Waals surface area contributed by atoms with E-state index in [2.05, 4.69) is 17.4 Å². The first-order chi connectivity index (χ1) is 14.1. The molecule has 0 aliphatic rings. The van der Waals surface area contributed by atoms with Crippen molar-refractivity contribution >= 4 is 12.0 Å². The molecule has 0 aliphatic heterocycles. The van der Waals surface area contributed by atoms with E-state index in [1.165, 1.54) is 11.6 Å². The minimum Gasteiger partial charge on any atom is -0.494 e. The molecule has 0 saturated carbocycles.